The van der Waals surface area contributed by atoms with Gasteiger partial charge in [0.05, 0.1) is 5.92 Å². The molecule has 0 aromatic heterocycles. The number of carbonyl (C=O) groups is 2. The van der Waals surface area contributed by atoms with Gasteiger partial charge in [-0.05, 0) is 12.8 Å². The Labute approximate surface area is 90.3 Å². The molecule has 1 aliphatic heterocycles. The Morgan fingerprint density at radius 3 is 2.40 bits per heavy atom. The molecular weight excluding hydrogens is 194 g/mol. The lowest BCUT2D eigenvalue weighted by atomic mass is 9.91. The van der Waals surface area contributed by atoms with E-state index < -0.39 is 11.4 Å². The third-order valence-electron chi connectivity index (χ3n) is 2.70. The number of amides is 1. The monoisotopic (exact) mass is 213 g/mol. The Balaban J connectivity index is 2.64. The van der Waals surface area contributed by atoms with Crippen molar-refractivity contribution in [2.75, 3.05) is 13.1 Å². The molecule has 0 spiro atoms. The molecule has 1 atom stereocenters. The fraction of sp³-hybridized carbons (Fsp3) is 0.818. The van der Waals surface area contributed by atoms with Crippen molar-refractivity contribution >= 4 is 11.9 Å². The molecule has 0 aromatic carbocycles. The minimum Gasteiger partial charge on any atom is -0.481 e. The van der Waals surface area contributed by atoms with Gasteiger partial charge in [-0.15, -0.1) is 0 Å². The molecule has 15 heavy (non-hydrogen) atoms. The smallest absolute Gasteiger partial charge is 0.308 e. The van der Waals surface area contributed by atoms with E-state index in [2.05, 4.69) is 0 Å². The van der Waals surface area contributed by atoms with Crippen molar-refractivity contribution in [3.8, 4) is 0 Å². The topological polar surface area (TPSA) is 57.6 Å². The van der Waals surface area contributed by atoms with Gasteiger partial charge in [0, 0.05) is 18.5 Å². The molecule has 0 aliphatic carbocycles. The lowest BCUT2D eigenvalue weighted by molar-refractivity contribution is -0.148. The highest BCUT2D eigenvalue weighted by atomic mass is 16.4. The number of rotatable bonds is 1. The second-order valence-corrected chi connectivity index (χ2v) is 5.18. The number of hydrogen-bond donors (Lipinski definition) is 1. The maximum Gasteiger partial charge on any atom is 0.308 e. The van der Waals surface area contributed by atoms with Crippen LogP contribution in [0.25, 0.3) is 0 Å². The van der Waals surface area contributed by atoms with Gasteiger partial charge in [0.2, 0.25) is 5.91 Å². The molecule has 1 fully saturated rings. The Morgan fingerprint density at radius 2 is 1.93 bits per heavy atom. The van der Waals surface area contributed by atoms with Crippen LogP contribution in [-0.4, -0.2) is 35.0 Å². The average Bonchev–Trinajstić information content (AvgIpc) is 2.15. The van der Waals surface area contributed by atoms with E-state index in [1.807, 2.05) is 20.8 Å². The largest absolute Gasteiger partial charge is 0.481 e. The van der Waals surface area contributed by atoms with Crippen LogP contribution in [0.4, 0.5) is 0 Å². The zero-order valence-electron chi connectivity index (χ0n) is 9.62. The molecule has 0 aromatic rings. The lowest BCUT2D eigenvalue weighted by Crippen LogP contribution is -2.46. The van der Waals surface area contributed by atoms with Crippen LogP contribution in [0, 0.1) is 11.3 Å². The second-order valence-electron chi connectivity index (χ2n) is 5.18. The summed E-state index contributed by atoms with van der Waals surface area (Å²) >= 11 is 0. The minimum atomic E-state index is -0.790. The fourth-order valence-corrected chi connectivity index (χ4v) is 1.84. The number of nitrogens with zero attached hydrogens (tertiary/aromatic N) is 1. The molecule has 0 unspecified atom stereocenters. The molecule has 1 saturated heterocycles. The predicted molar refractivity (Wildman–Crippen MR) is 56.4 cm³/mol. The lowest BCUT2D eigenvalue weighted by Gasteiger charge is -2.34. The number of likely N-dealkylation sites (tertiary alicyclic amines) is 1. The van der Waals surface area contributed by atoms with Crippen molar-refractivity contribution in [2.24, 2.45) is 11.3 Å². The second kappa shape index (κ2) is 4.21. The number of carboxylic acid groups (broad SMARTS) is 1. The minimum absolute atomic E-state index is 0.0495. The number of aliphatic carboxylic acids is 1. The van der Waals surface area contributed by atoms with E-state index in [0.29, 0.717) is 19.5 Å². The molecular formula is C11H19NO3. The summed E-state index contributed by atoms with van der Waals surface area (Å²) in [6, 6.07) is 0. The van der Waals surface area contributed by atoms with Gasteiger partial charge >= 0.3 is 5.97 Å². The quantitative estimate of drug-likeness (QED) is 0.715. The van der Waals surface area contributed by atoms with Crippen molar-refractivity contribution in [1.82, 2.24) is 4.90 Å². The van der Waals surface area contributed by atoms with Crippen LogP contribution in [0.2, 0.25) is 0 Å². The SMILES string of the molecule is CC(C)(C)C(=O)N1CCC[C@H](C(=O)O)C1. The standard InChI is InChI=1S/C11H19NO3/c1-11(2,3)10(15)12-6-4-5-8(7-12)9(13)14/h8H,4-7H2,1-3H3,(H,13,14)/t8-/m0/s1. The van der Waals surface area contributed by atoms with Crippen LogP contribution >= 0.6 is 0 Å². The summed E-state index contributed by atoms with van der Waals surface area (Å²) in [7, 11) is 0. The molecule has 1 rings (SSSR count). The van der Waals surface area contributed by atoms with Crippen LogP contribution in [0.5, 0.6) is 0 Å². The first-order valence-corrected chi connectivity index (χ1v) is 5.34. The van der Waals surface area contributed by atoms with E-state index in [1.54, 1.807) is 4.90 Å². The highest BCUT2D eigenvalue weighted by Gasteiger charge is 2.33. The van der Waals surface area contributed by atoms with Gasteiger partial charge in [-0.2, -0.15) is 0 Å². The van der Waals surface area contributed by atoms with Crippen molar-refractivity contribution in [3.63, 3.8) is 0 Å². The molecule has 0 radical (unpaired) electrons. The maximum absolute atomic E-state index is 11.9. The highest BCUT2D eigenvalue weighted by molar-refractivity contribution is 5.82. The summed E-state index contributed by atoms with van der Waals surface area (Å²) in [5.41, 5.74) is -0.416. The first kappa shape index (κ1) is 12.0. The summed E-state index contributed by atoms with van der Waals surface area (Å²) in [5, 5.41) is 8.90. The Hall–Kier alpha value is -1.06. The van der Waals surface area contributed by atoms with Gasteiger partial charge in [0.25, 0.3) is 0 Å². The summed E-state index contributed by atoms with van der Waals surface area (Å²) in [6.45, 7) is 6.64. The van der Waals surface area contributed by atoms with Crippen molar-refractivity contribution in [1.29, 1.82) is 0 Å². The zero-order valence-corrected chi connectivity index (χ0v) is 9.62. The maximum atomic E-state index is 11.9. The van der Waals surface area contributed by atoms with Gasteiger partial charge in [-0.3, -0.25) is 9.59 Å². The van der Waals surface area contributed by atoms with Crippen LogP contribution in [0.15, 0.2) is 0 Å². The third kappa shape index (κ3) is 2.94. The molecule has 1 aliphatic rings. The molecule has 4 nitrogen and oxygen atoms in total. The number of hydrogen-bond acceptors (Lipinski definition) is 2. The van der Waals surface area contributed by atoms with Crippen molar-refractivity contribution in [2.45, 2.75) is 33.6 Å². The molecule has 86 valence electrons. The van der Waals surface area contributed by atoms with Gasteiger partial charge in [-0.1, -0.05) is 20.8 Å². The number of piperidine rings is 1. The fourth-order valence-electron chi connectivity index (χ4n) is 1.84. The highest BCUT2D eigenvalue weighted by Crippen LogP contribution is 2.23. The van der Waals surface area contributed by atoms with E-state index in [4.69, 9.17) is 5.11 Å². The van der Waals surface area contributed by atoms with E-state index in [-0.39, 0.29) is 11.8 Å². The van der Waals surface area contributed by atoms with Crippen LogP contribution in [0.3, 0.4) is 0 Å². The summed E-state index contributed by atoms with van der Waals surface area (Å²) in [6.07, 6.45) is 1.47. The van der Waals surface area contributed by atoms with Gasteiger partial charge < -0.3 is 10.0 Å². The molecule has 0 bridgehead atoms. The number of carboxylic acids is 1. The molecule has 1 heterocycles. The molecule has 4 heteroatoms. The number of carbonyl (C=O) groups excluding carboxylic acids is 1. The zero-order chi connectivity index (χ0) is 11.6. The van der Waals surface area contributed by atoms with Crippen LogP contribution in [-0.2, 0) is 9.59 Å². The average molecular weight is 213 g/mol. The molecule has 1 amide bonds. The van der Waals surface area contributed by atoms with Crippen molar-refractivity contribution in [3.05, 3.63) is 0 Å². The first-order valence-electron chi connectivity index (χ1n) is 5.34. The van der Waals surface area contributed by atoms with Crippen molar-refractivity contribution < 1.29 is 14.7 Å². The molecule has 1 N–H and O–H groups in total. The van der Waals surface area contributed by atoms with E-state index in [1.165, 1.54) is 0 Å². The Kier molecular flexibility index (Phi) is 3.37. The van der Waals surface area contributed by atoms with Crippen LogP contribution < -0.4 is 0 Å². The summed E-state index contributed by atoms with van der Waals surface area (Å²) in [4.78, 5) is 24.4. The van der Waals surface area contributed by atoms with Gasteiger partial charge in [0.15, 0.2) is 0 Å². The first-order chi connectivity index (χ1) is 6.82. The predicted octanol–water partition coefficient (Wildman–Crippen LogP) is 1.36. The van der Waals surface area contributed by atoms with Gasteiger partial charge in [-0.25, -0.2) is 0 Å². The van der Waals surface area contributed by atoms with E-state index >= 15 is 0 Å². The Bertz CT molecular complexity index is 267. The molecule has 0 saturated carbocycles. The summed E-state index contributed by atoms with van der Waals surface area (Å²) in [5.74, 6) is -1.13. The van der Waals surface area contributed by atoms with Crippen LogP contribution in [0.1, 0.15) is 33.6 Å². The summed E-state index contributed by atoms with van der Waals surface area (Å²) < 4.78 is 0. The van der Waals surface area contributed by atoms with Gasteiger partial charge in [0.1, 0.15) is 0 Å². The van der Waals surface area contributed by atoms with E-state index in [0.717, 1.165) is 6.42 Å². The normalized spacial score (nSPS) is 22.6. The third-order valence-corrected chi connectivity index (χ3v) is 2.70. The van der Waals surface area contributed by atoms with E-state index in [9.17, 15) is 9.59 Å². The Morgan fingerprint density at radius 1 is 1.33 bits per heavy atom.